The smallest absolute Gasteiger partial charge is 0.290 e. The van der Waals surface area contributed by atoms with E-state index in [0.717, 1.165) is 24.0 Å². The summed E-state index contributed by atoms with van der Waals surface area (Å²) in [5.74, 6) is 0.189. The molecule has 2 aromatic carbocycles. The van der Waals surface area contributed by atoms with Crippen LogP contribution in [0.1, 0.15) is 30.0 Å². The van der Waals surface area contributed by atoms with E-state index in [9.17, 15) is 4.79 Å². The summed E-state index contributed by atoms with van der Waals surface area (Å²) < 4.78 is 5.55. The number of ketones is 1. The molecule has 0 bridgehead atoms. The number of aryl methyl sites for hydroxylation is 1. The van der Waals surface area contributed by atoms with Gasteiger partial charge < -0.3 is 15.6 Å². The van der Waals surface area contributed by atoms with E-state index < -0.39 is 0 Å². The van der Waals surface area contributed by atoms with Crippen molar-refractivity contribution in [2.75, 3.05) is 6.61 Å². The van der Waals surface area contributed by atoms with Crippen molar-refractivity contribution in [1.29, 1.82) is 0 Å². The van der Waals surface area contributed by atoms with Crippen molar-refractivity contribution in [3.05, 3.63) is 71.3 Å². The third-order valence-corrected chi connectivity index (χ3v) is 4.03. The largest absolute Gasteiger partial charge is 0.483 e. The zero-order valence-electron chi connectivity index (χ0n) is 15.1. The van der Waals surface area contributed by atoms with Crippen LogP contribution in [-0.4, -0.2) is 24.0 Å². The van der Waals surface area contributed by atoms with E-state index in [1.165, 1.54) is 5.56 Å². The minimum Gasteiger partial charge on any atom is -0.483 e. The summed E-state index contributed by atoms with van der Waals surface area (Å²) in [6, 6.07) is 18.2. The van der Waals surface area contributed by atoms with E-state index in [4.69, 9.17) is 20.4 Å². The fraction of sp³-hybridized carbons (Fsp3) is 0.333. The maximum atomic E-state index is 12.1. The van der Waals surface area contributed by atoms with Gasteiger partial charge in [0.1, 0.15) is 6.61 Å². The molecule has 0 aliphatic carbocycles. The van der Waals surface area contributed by atoms with E-state index in [-0.39, 0.29) is 24.8 Å². The Hall–Kier alpha value is -2.50. The first-order valence-corrected chi connectivity index (χ1v) is 8.60. The second-order valence-electron chi connectivity index (χ2n) is 6.01. The van der Waals surface area contributed by atoms with Gasteiger partial charge in [-0.05, 0) is 29.5 Å². The van der Waals surface area contributed by atoms with Crippen molar-refractivity contribution in [2.45, 2.75) is 32.9 Å². The van der Waals surface area contributed by atoms with Crippen LogP contribution in [0, 0.1) is 5.92 Å². The summed E-state index contributed by atoms with van der Waals surface area (Å²) in [6.07, 6.45) is 1.78. The molecule has 0 radical (unpaired) electrons. The minimum absolute atomic E-state index is 0.0230. The second kappa shape index (κ2) is 12.8. The monoisotopic (exact) mass is 357 g/mol. The van der Waals surface area contributed by atoms with Crippen LogP contribution in [0.15, 0.2) is 54.6 Å². The summed E-state index contributed by atoms with van der Waals surface area (Å²) >= 11 is 0. The predicted molar refractivity (Wildman–Crippen MR) is 102 cm³/mol. The average Bonchev–Trinajstić information content (AvgIpc) is 2.68. The van der Waals surface area contributed by atoms with Gasteiger partial charge in [-0.25, -0.2) is 0 Å². The lowest BCUT2D eigenvalue weighted by Gasteiger charge is -2.11. The Morgan fingerprint density at radius 3 is 2.23 bits per heavy atom. The quantitative estimate of drug-likeness (QED) is 0.673. The molecule has 140 valence electrons. The lowest BCUT2D eigenvalue weighted by atomic mass is 9.98. The summed E-state index contributed by atoms with van der Waals surface area (Å²) in [5.41, 5.74) is 9.00. The first-order valence-electron chi connectivity index (χ1n) is 8.60. The number of carbonyl (C=O) groups is 2. The molecule has 0 unspecified atom stereocenters. The molecule has 3 N–H and O–H groups in total. The molecule has 0 saturated carbocycles. The summed E-state index contributed by atoms with van der Waals surface area (Å²) in [6.45, 7) is 2.90. The number of Topliss-reactive ketones (excluding diaryl/α,β-unsaturated/α-hetero) is 1. The van der Waals surface area contributed by atoms with Crippen molar-refractivity contribution in [3.63, 3.8) is 0 Å². The van der Waals surface area contributed by atoms with Gasteiger partial charge in [-0.2, -0.15) is 0 Å². The van der Waals surface area contributed by atoms with Gasteiger partial charge in [-0.3, -0.25) is 9.59 Å². The van der Waals surface area contributed by atoms with Gasteiger partial charge in [0.05, 0.1) is 6.61 Å². The number of carboxylic acid groups (broad SMARTS) is 1. The van der Waals surface area contributed by atoms with Crippen LogP contribution in [0.25, 0.3) is 0 Å². The molecule has 0 heterocycles. The molecule has 0 saturated heterocycles. The number of ether oxygens (including phenoxy) is 1. The molecule has 26 heavy (non-hydrogen) atoms. The first kappa shape index (κ1) is 21.5. The Morgan fingerprint density at radius 1 is 1.08 bits per heavy atom. The predicted octanol–water partition coefficient (Wildman–Crippen LogP) is 3.20. The van der Waals surface area contributed by atoms with Crippen LogP contribution in [0.2, 0.25) is 0 Å². The highest BCUT2D eigenvalue weighted by Crippen LogP contribution is 2.11. The molecule has 0 spiro atoms. The lowest BCUT2D eigenvalue weighted by Crippen LogP contribution is -2.18. The Morgan fingerprint density at radius 2 is 1.65 bits per heavy atom. The summed E-state index contributed by atoms with van der Waals surface area (Å²) in [4.78, 5) is 20.5. The van der Waals surface area contributed by atoms with Crippen LogP contribution < -0.4 is 5.73 Å². The van der Waals surface area contributed by atoms with Gasteiger partial charge in [-0.1, -0.05) is 61.5 Å². The highest BCUT2D eigenvalue weighted by molar-refractivity contribution is 5.81. The van der Waals surface area contributed by atoms with Crippen molar-refractivity contribution in [2.24, 2.45) is 11.7 Å². The number of hydrogen-bond acceptors (Lipinski definition) is 4. The first-order chi connectivity index (χ1) is 12.6. The van der Waals surface area contributed by atoms with Crippen LogP contribution in [0.4, 0.5) is 0 Å². The van der Waals surface area contributed by atoms with Gasteiger partial charge in [0.25, 0.3) is 6.47 Å². The number of hydrogen-bond donors (Lipinski definition) is 2. The molecule has 0 aliphatic rings. The van der Waals surface area contributed by atoms with Crippen LogP contribution in [-0.2, 0) is 33.9 Å². The number of benzene rings is 2. The molecule has 0 aliphatic heterocycles. The second-order valence-corrected chi connectivity index (χ2v) is 6.01. The van der Waals surface area contributed by atoms with E-state index in [2.05, 4.69) is 12.1 Å². The van der Waals surface area contributed by atoms with Crippen molar-refractivity contribution < 1.29 is 19.4 Å². The van der Waals surface area contributed by atoms with Crippen molar-refractivity contribution in [3.8, 4) is 0 Å². The molecule has 0 aromatic heterocycles. The standard InChI is InChI=1S/C20H25NO2.CH2O2/c1-16(7-8-17-5-3-2-4-6-17)20(22)15-23-14-19-11-9-18(13-21)10-12-19;2-1-3/h2-6,9-12,16H,7-8,13-15,21H2,1H3;1H,(H,2,3)/t16-;/m0./s1. The molecule has 2 aromatic rings. The van der Waals surface area contributed by atoms with Gasteiger partial charge in [-0.15, -0.1) is 0 Å². The Kier molecular flexibility index (Phi) is 10.6. The highest BCUT2D eigenvalue weighted by atomic mass is 16.5. The Labute approximate surface area is 154 Å². The third-order valence-electron chi connectivity index (χ3n) is 4.03. The van der Waals surface area contributed by atoms with Crippen molar-refractivity contribution in [1.82, 2.24) is 0 Å². The maximum absolute atomic E-state index is 12.1. The zero-order valence-corrected chi connectivity index (χ0v) is 15.1. The minimum atomic E-state index is -0.250. The SMILES string of the molecule is C[C@@H](CCc1ccccc1)C(=O)COCc1ccc(CN)cc1.O=CO. The molecule has 2 rings (SSSR count). The van der Waals surface area contributed by atoms with E-state index in [0.29, 0.717) is 13.2 Å². The van der Waals surface area contributed by atoms with Gasteiger partial charge >= 0.3 is 0 Å². The Balaban J connectivity index is 0.00000105. The molecule has 0 amide bonds. The third kappa shape index (κ3) is 8.55. The topological polar surface area (TPSA) is 89.6 Å². The maximum Gasteiger partial charge on any atom is 0.290 e. The molecule has 5 heteroatoms. The van der Waals surface area contributed by atoms with Crippen LogP contribution in [0.5, 0.6) is 0 Å². The van der Waals surface area contributed by atoms with E-state index in [1.54, 1.807) is 0 Å². The molecule has 1 atom stereocenters. The lowest BCUT2D eigenvalue weighted by molar-refractivity contribution is -0.127. The molecule has 5 nitrogen and oxygen atoms in total. The van der Waals surface area contributed by atoms with Crippen LogP contribution >= 0.6 is 0 Å². The molecular weight excluding hydrogens is 330 g/mol. The Bertz CT molecular complexity index is 641. The van der Waals surface area contributed by atoms with E-state index in [1.807, 2.05) is 49.4 Å². The number of rotatable bonds is 9. The molecular formula is C21H27NO4. The normalized spacial score (nSPS) is 11.2. The summed E-state index contributed by atoms with van der Waals surface area (Å²) in [5, 5.41) is 6.89. The van der Waals surface area contributed by atoms with Crippen LogP contribution in [0.3, 0.4) is 0 Å². The fourth-order valence-corrected chi connectivity index (χ4v) is 2.37. The van der Waals surface area contributed by atoms with Gasteiger partial charge in [0.2, 0.25) is 0 Å². The number of carbonyl (C=O) groups excluding carboxylic acids is 1. The van der Waals surface area contributed by atoms with E-state index >= 15 is 0 Å². The fourth-order valence-electron chi connectivity index (χ4n) is 2.37. The van der Waals surface area contributed by atoms with Gasteiger partial charge in [0, 0.05) is 12.5 Å². The van der Waals surface area contributed by atoms with Crippen molar-refractivity contribution >= 4 is 12.3 Å². The molecule has 0 fully saturated rings. The summed E-state index contributed by atoms with van der Waals surface area (Å²) in [7, 11) is 0. The van der Waals surface area contributed by atoms with Gasteiger partial charge in [0.15, 0.2) is 5.78 Å². The number of nitrogens with two attached hydrogens (primary N) is 1. The highest BCUT2D eigenvalue weighted by Gasteiger charge is 2.13. The average molecular weight is 357 g/mol. The zero-order chi connectivity index (χ0) is 19.2.